The highest BCUT2D eigenvalue weighted by Gasteiger charge is 2.16. The van der Waals surface area contributed by atoms with Crippen molar-refractivity contribution >= 4 is 33.0 Å². The Hall–Kier alpha value is -2.78. The van der Waals surface area contributed by atoms with E-state index >= 15 is 0 Å². The van der Waals surface area contributed by atoms with Gasteiger partial charge in [0.1, 0.15) is 0 Å². The predicted octanol–water partition coefficient (Wildman–Crippen LogP) is 3.69. The van der Waals surface area contributed by atoms with Crippen LogP contribution in [0.15, 0.2) is 64.9 Å². The Balaban J connectivity index is 1.60. The third-order valence-electron chi connectivity index (χ3n) is 3.81. The second-order valence-electron chi connectivity index (χ2n) is 5.91. The van der Waals surface area contributed by atoms with Gasteiger partial charge in [0.05, 0.1) is 17.9 Å². The SMILES string of the molecule is O=C(Cc1ccc(NS(=O)(=O)c2ccc(F)c(F)c2)cc1)NCc1cccs1. The number of carbonyl (C=O) groups is 1. The summed E-state index contributed by atoms with van der Waals surface area (Å²) >= 11 is 1.55. The van der Waals surface area contributed by atoms with Gasteiger partial charge in [-0.2, -0.15) is 0 Å². The zero-order valence-electron chi connectivity index (χ0n) is 14.5. The van der Waals surface area contributed by atoms with E-state index in [0.29, 0.717) is 18.2 Å². The van der Waals surface area contributed by atoms with Gasteiger partial charge in [-0.1, -0.05) is 18.2 Å². The first-order valence-corrected chi connectivity index (χ1v) is 10.6. The van der Waals surface area contributed by atoms with E-state index in [4.69, 9.17) is 0 Å². The molecule has 146 valence electrons. The molecule has 0 aliphatic heterocycles. The molecule has 2 aromatic carbocycles. The molecule has 1 aromatic heterocycles. The maximum absolute atomic E-state index is 13.3. The molecule has 3 rings (SSSR count). The number of anilines is 1. The molecular formula is C19H16F2N2O3S2. The van der Waals surface area contributed by atoms with E-state index in [1.54, 1.807) is 23.5 Å². The first-order chi connectivity index (χ1) is 13.3. The van der Waals surface area contributed by atoms with Crippen molar-refractivity contribution < 1.29 is 22.0 Å². The maximum atomic E-state index is 13.3. The number of hydrogen-bond acceptors (Lipinski definition) is 4. The third-order valence-corrected chi connectivity index (χ3v) is 6.07. The molecule has 0 unspecified atom stereocenters. The lowest BCUT2D eigenvalue weighted by atomic mass is 10.1. The molecular weight excluding hydrogens is 406 g/mol. The molecule has 1 amide bonds. The van der Waals surface area contributed by atoms with Gasteiger partial charge in [0.15, 0.2) is 11.6 Å². The summed E-state index contributed by atoms with van der Waals surface area (Å²) in [4.78, 5) is 12.6. The van der Waals surface area contributed by atoms with Gasteiger partial charge in [0, 0.05) is 10.6 Å². The fourth-order valence-corrected chi connectivity index (χ4v) is 4.11. The van der Waals surface area contributed by atoms with Crippen LogP contribution in [0.3, 0.4) is 0 Å². The van der Waals surface area contributed by atoms with E-state index in [1.807, 2.05) is 17.5 Å². The van der Waals surface area contributed by atoms with Crippen LogP contribution >= 0.6 is 11.3 Å². The standard InChI is InChI=1S/C19H16F2N2O3S2/c20-17-8-7-16(11-18(17)21)28(25,26)23-14-5-3-13(4-6-14)10-19(24)22-12-15-2-1-9-27-15/h1-9,11,23H,10,12H2,(H,22,24). The lowest BCUT2D eigenvalue weighted by Crippen LogP contribution is -2.24. The number of thiophene rings is 1. The molecule has 28 heavy (non-hydrogen) atoms. The van der Waals surface area contributed by atoms with E-state index in [9.17, 15) is 22.0 Å². The van der Waals surface area contributed by atoms with Gasteiger partial charge in [0.25, 0.3) is 10.0 Å². The Kier molecular flexibility index (Phi) is 6.05. The number of sulfonamides is 1. The van der Waals surface area contributed by atoms with Crippen molar-refractivity contribution in [1.82, 2.24) is 5.32 Å². The van der Waals surface area contributed by atoms with E-state index < -0.39 is 21.7 Å². The lowest BCUT2D eigenvalue weighted by Gasteiger charge is -2.09. The second-order valence-corrected chi connectivity index (χ2v) is 8.63. The van der Waals surface area contributed by atoms with Gasteiger partial charge in [-0.25, -0.2) is 17.2 Å². The molecule has 0 aliphatic carbocycles. The zero-order chi connectivity index (χ0) is 20.1. The fraction of sp³-hybridized carbons (Fsp3) is 0.105. The summed E-state index contributed by atoms with van der Waals surface area (Å²) in [5.41, 5.74) is 0.951. The number of rotatable bonds is 7. The molecule has 0 spiro atoms. The number of carbonyl (C=O) groups excluding carboxylic acids is 1. The average Bonchev–Trinajstić information content (AvgIpc) is 3.17. The van der Waals surface area contributed by atoms with E-state index in [-0.39, 0.29) is 22.9 Å². The van der Waals surface area contributed by atoms with Crippen molar-refractivity contribution in [3.05, 3.63) is 82.1 Å². The summed E-state index contributed by atoms with van der Waals surface area (Å²) in [6.45, 7) is 0.461. The summed E-state index contributed by atoms with van der Waals surface area (Å²) in [6, 6.07) is 12.4. The Bertz CT molecular complexity index is 1070. The molecule has 0 radical (unpaired) electrons. The number of halogens is 2. The van der Waals surface area contributed by atoms with Crippen LogP contribution in [0.5, 0.6) is 0 Å². The maximum Gasteiger partial charge on any atom is 0.261 e. The molecule has 0 saturated carbocycles. The zero-order valence-corrected chi connectivity index (χ0v) is 16.1. The van der Waals surface area contributed by atoms with Crippen LogP contribution in [-0.4, -0.2) is 14.3 Å². The minimum Gasteiger partial charge on any atom is -0.351 e. The van der Waals surface area contributed by atoms with Crippen molar-refractivity contribution in [2.45, 2.75) is 17.9 Å². The highest BCUT2D eigenvalue weighted by Crippen LogP contribution is 2.19. The molecule has 0 bridgehead atoms. The summed E-state index contributed by atoms with van der Waals surface area (Å²) in [6.07, 6.45) is 0.154. The van der Waals surface area contributed by atoms with E-state index in [1.165, 1.54) is 12.1 Å². The molecule has 1 heterocycles. The molecule has 0 saturated heterocycles. The average molecular weight is 422 g/mol. The normalized spacial score (nSPS) is 11.2. The Morgan fingerprint density at radius 3 is 2.39 bits per heavy atom. The molecule has 0 aliphatic rings. The second kappa shape index (κ2) is 8.49. The minimum atomic E-state index is -4.06. The van der Waals surface area contributed by atoms with Crippen LogP contribution in [-0.2, 0) is 27.8 Å². The van der Waals surface area contributed by atoms with Crippen molar-refractivity contribution in [2.75, 3.05) is 4.72 Å². The van der Waals surface area contributed by atoms with Gasteiger partial charge in [0.2, 0.25) is 5.91 Å². The summed E-state index contributed by atoms with van der Waals surface area (Å²) in [5.74, 6) is -2.52. The summed E-state index contributed by atoms with van der Waals surface area (Å²) < 4.78 is 53.1. The van der Waals surface area contributed by atoms with E-state index in [2.05, 4.69) is 10.0 Å². The van der Waals surface area contributed by atoms with Crippen LogP contribution in [0.25, 0.3) is 0 Å². The smallest absolute Gasteiger partial charge is 0.261 e. The first kappa shape index (κ1) is 20.0. The number of hydrogen-bond donors (Lipinski definition) is 2. The fourth-order valence-electron chi connectivity index (χ4n) is 2.40. The Morgan fingerprint density at radius 1 is 1.00 bits per heavy atom. The van der Waals surface area contributed by atoms with Crippen molar-refractivity contribution in [3.8, 4) is 0 Å². The third kappa shape index (κ3) is 5.14. The van der Waals surface area contributed by atoms with Crippen LogP contribution in [0.1, 0.15) is 10.4 Å². The molecule has 0 atom stereocenters. The Morgan fingerprint density at radius 2 is 1.75 bits per heavy atom. The van der Waals surface area contributed by atoms with Gasteiger partial charge < -0.3 is 5.32 Å². The number of nitrogens with one attached hydrogen (secondary N) is 2. The topological polar surface area (TPSA) is 75.3 Å². The summed E-state index contributed by atoms with van der Waals surface area (Å²) in [7, 11) is -4.06. The van der Waals surface area contributed by atoms with Crippen molar-refractivity contribution in [2.24, 2.45) is 0 Å². The number of benzene rings is 2. The Labute approximate surface area is 165 Å². The first-order valence-electron chi connectivity index (χ1n) is 8.19. The minimum absolute atomic E-state index is 0.150. The van der Waals surface area contributed by atoms with Crippen LogP contribution < -0.4 is 10.0 Å². The van der Waals surface area contributed by atoms with Crippen LogP contribution in [0.4, 0.5) is 14.5 Å². The highest BCUT2D eigenvalue weighted by molar-refractivity contribution is 7.92. The largest absolute Gasteiger partial charge is 0.351 e. The quantitative estimate of drug-likeness (QED) is 0.610. The van der Waals surface area contributed by atoms with Gasteiger partial charge in [-0.3, -0.25) is 9.52 Å². The van der Waals surface area contributed by atoms with Gasteiger partial charge in [-0.05, 0) is 47.3 Å². The monoisotopic (exact) mass is 422 g/mol. The predicted molar refractivity (Wildman–Crippen MR) is 103 cm³/mol. The van der Waals surface area contributed by atoms with E-state index in [0.717, 1.165) is 17.0 Å². The van der Waals surface area contributed by atoms with Crippen LogP contribution in [0.2, 0.25) is 0 Å². The van der Waals surface area contributed by atoms with Crippen molar-refractivity contribution in [3.63, 3.8) is 0 Å². The lowest BCUT2D eigenvalue weighted by molar-refractivity contribution is -0.120. The number of amides is 1. The van der Waals surface area contributed by atoms with Gasteiger partial charge >= 0.3 is 0 Å². The highest BCUT2D eigenvalue weighted by atomic mass is 32.2. The van der Waals surface area contributed by atoms with Gasteiger partial charge in [-0.15, -0.1) is 11.3 Å². The molecule has 0 fully saturated rings. The van der Waals surface area contributed by atoms with Crippen LogP contribution in [0, 0.1) is 11.6 Å². The summed E-state index contributed by atoms with van der Waals surface area (Å²) in [5, 5.41) is 4.74. The molecule has 2 N–H and O–H groups in total. The van der Waals surface area contributed by atoms with Crippen molar-refractivity contribution in [1.29, 1.82) is 0 Å². The molecule has 9 heteroatoms. The molecule has 3 aromatic rings. The molecule has 5 nitrogen and oxygen atoms in total.